The molecular weight excluding hydrogens is 240 g/mol. The van der Waals surface area contributed by atoms with Gasteiger partial charge in [0, 0.05) is 5.92 Å². The summed E-state index contributed by atoms with van der Waals surface area (Å²) in [5, 5.41) is 8.32. The molecule has 98 valence electrons. The number of carboxylic acid groups (broad SMARTS) is 1. The summed E-state index contributed by atoms with van der Waals surface area (Å²) >= 11 is 0. The first kappa shape index (κ1) is 13.8. The van der Waals surface area contributed by atoms with E-state index in [-0.39, 0.29) is 11.7 Å². The van der Waals surface area contributed by atoms with E-state index in [1.807, 2.05) is 19.3 Å². The van der Waals surface area contributed by atoms with Crippen LogP contribution in [0.3, 0.4) is 0 Å². The minimum absolute atomic E-state index is 0.117. The van der Waals surface area contributed by atoms with E-state index in [1.165, 1.54) is 24.3 Å². The van der Waals surface area contributed by atoms with E-state index < -0.39 is 17.8 Å². The van der Waals surface area contributed by atoms with Crippen LogP contribution in [0.1, 0.15) is 13.8 Å². The summed E-state index contributed by atoms with van der Waals surface area (Å²) in [5.41, 5.74) is 2.48. The first-order valence-electron chi connectivity index (χ1n) is 5.26. The van der Waals surface area contributed by atoms with Crippen molar-refractivity contribution in [2.24, 2.45) is 5.92 Å². The molecule has 7 nitrogen and oxygen atoms in total. The lowest BCUT2D eigenvalue weighted by atomic mass is 9.86. The van der Waals surface area contributed by atoms with Gasteiger partial charge in [0.15, 0.2) is 11.4 Å². The number of carbonyl (C=O) groups excluding carboxylic acids is 2. The third-order valence-electron chi connectivity index (χ3n) is 2.46. The maximum absolute atomic E-state index is 11.4. The SMILES string of the molecule is CC(C)C1(OC(=O)NNC(=O)O)C=CC(=O)C=C1. The van der Waals surface area contributed by atoms with Crippen molar-refractivity contribution < 1.29 is 24.2 Å². The normalized spacial score (nSPS) is 16.5. The van der Waals surface area contributed by atoms with Crippen molar-refractivity contribution in [2.75, 3.05) is 0 Å². The summed E-state index contributed by atoms with van der Waals surface area (Å²) in [5.74, 6) is -0.312. The molecular formula is C11H14N2O5. The Bertz CT molecular complexity index is 409. The average Bonchev–Trinajstić information content (AvgIpc) is 2.29. The second kappa shape index (κ2) is 5.35. The number of allylic oxidation sites excluding steroid dienone is 2. The van der Waals surface area contributed by atoms with Gasteiger partial charge >= 0.3 is 12.2 Å². The second-order valence-electron chi connectivity index (χ2n) is 4.02. The van der Waals surface area contributed by atoms with Crippen molar-refractivity contribution in [3.63, 3.8) is 0 Å². The molecule has 0 bridgehead atoms. The van der Waals surface area contributed by atoms with E-state index in [1.54, 1.807) is 5.43 Å². The Balaban J connectivity index is 2.73. The smallest absolute Gasteiger partial charge is 0.427 e. The number of carbonyl (C=O) groups is 3. The maximum atomic E-state index is 11.4. The van der Waals surface area contributed by atoms with Crippen LogP contribution in [-0.4, -0.2) is 28.7 Å². The molecule has 1 rings (SSSR count). The highest BCUT2D eigenvalue weighted by atomic mass is 16.6. The third kappa shape index (κ3) is 3.34. The third-order valence-corrected chi connectivity index (χ3v) is 2.46. The number of nitrogens with one attached hydrogen (secondary N) is 2. The number of hydrogen-bond donors (Lipinski definition) is 3. The predicted molar refractivity (Wildman–Crippen MR) is 61.6 cm³/mol. The predicted octanol–water partition coefficient (Wildman–Crippen LogP) is 0.985. The fourth-order valence-corrected chi connectivity index (χ4v) is 1.40. The highest BCUT2D eigenvalue weighted by Gasteiger charge is 2.34. The highest BCUT2D eigenvalue weighted by molar-refractivity contribution is 6.00. The molecule has 0 aromatic carbocycles. The van der Waals surface area contributed by atoms with Gasteiger partial charge in [0.2, 0.25) is 0 Å². The maximum Gasteiger partial charge on any atom is 0.427 e. The van der Waals surface area contributed by atoms with Crippen molar-refractivity contribution in [2.45, 2.75) is 19.4 Å². The zero-order valence-corrected chi connectivity index (χ0v) is 9.97. The Morgan fingerprint density at radius 1 is 1.28 bits per heavy atom. The zero-order valence-electron chi connectivity index (χ0n) is 9.97. The van der Waals surface area contributed by atoms with Gasteiger partial charge in [0.1, 0.15) is 0 Å². The number of ketones is 1. The van der Waals surface area contributed by atoms with Crippen LogP contribution in [0, 0.1) is 5.92 Å². The molecule has 0 aromatic heterocycles. The highest BCUT2D eigenvalue weighted by Crippen LogP contribution is 2.28. The largest absolute Gasteiger partial charge is 0.464 e. The van der Waals surface area contributed by atoms with Crippen LogP contribution in [0.15, 0.2) is 24.3 Å². The number of ether oxygens (including phenoxy) is 1. The quantitative estimate of drug-likeness (QED) is 0.637. The van der Waals surface area contributed by atoms with Gasteiger partial charge in [0.05, 0.1) is 0 Å². The molecule has 0 saturated carbocycles. The second-order valence-corrected chi connectivity index (χ2v) is 4.02. The van der Waals surface area contributed by atoms with Crippen LogP contribution in [0.2, 0.25) is 0 Å². The molecule has 3 N–H and O–H groups in total. The Hall–Kier alpha value is -2.31. The Kier molecular flexibility index (Phi) is 4.09. The van der Waals surface area contributed by atoms with E-state index in [9.17, 15) is 14.4 Å². The van der Waals surface area contributed by atoms with Crippen molar-refractivity contribution in [1.29, 1.82) is 0 Å². The van der Waals surface area contributed by atoms with Gasteiger partial charge in [0.25, 0.3) is 0 Å². The molecule has 7 heteroatoms. The summed E-state index contributed by atoms with van der Waals surface area (Å²) in [6, 6.07) is 0. The number of rotatable bonds is 2. The van der Waals surface area contributed by atoms with E-state index in [0.717, 1.165) is 0 Å². The zero-order chi connectivity index (χ0) is 13.8. The van der Waals surface area contributed by atoms with Gasteiger partial charge in [-0.15, -0.1) is 0 Å². The minimum atomic E-state index is -1.41. The van der Waals surface area contributed by atoms with Crippen molar-refractivity contribution in [3.8, 4) is 0 Å². The van der Waals surface area contributed by atoms with E-state index in [2.05, 4.69) is 0 Å². The number of hydrogen-bond acceptors (Lipinski definition) is 4. The van der Waals surface area contributed by atoms with Crippen LogP contribution in [0.25, 0.3) is 0 Å². The summed E-state index contributed by atoms with van der Waals surface area (Å²) in [6.45, 7) is 3.62. The van der Waals surface area contributed by atoms with Crippen molar-refractivity contribution >= 4 is 18.0 Å². The Morgan fingerprint density at radius 2 is 1.83 bits per heavy atom. The minimum Gasteiger partial charge on any atom is -0.464 e. The van der Waals surface area contributed by atoms with Gasteiger partial charge in [-0.3, -0.25) is 4.79 Å². The van der Waals surface area contributed by atoms with Crippen molar-refractivity contribution in [3.05, 3.63) is 24.3 Å². The van der Waals surface area contributed by atoms with E-state index in [4.69, 9.17) is 9.84 Å². The molecule has 0 heterocycles. The lowest BCUT2D eigenvalue weighted by Gasteiger charge is -2.32. The molecule has 1 aliphatic rings. The molecule has 0 saturated heterocycles. The van der Waals surface area contributed by atoms with E-state index in [0.29, 0.717) is 0 Å². The summed E-state index contributed by atoms with van der Waals surface area (Å²) in [7, 11) is 0. The molecule has 1 aliphatic carbocycles. The van der Waals surface area contributed by atoms with Gasteiger partial charge in [-0.25, -0.2) is 20.4 Å². The van der Waals surface area contributed by atoms with Crippen LogP contribution in [0.5, 0.6) is 0 Å². The fraction of sp³-hybridized carbons (Fsp3) is 0.364. The number of amides is 2. The molecule has 0 unspecified atom stereocenters. The topological polar surface area (TPSA) is 105 Å². The fourth-order valence-electron chi connectivity index (χ4n) is 1.40. The first-order chi connectivity index (χ1) is 8.35. The summed E-state index contributed by atoms with van der Waals surface area (Å²) in [6.07, 6.45) is 3.20. The molecule has 0 fully saturated rings. The van der Waals surface area contributed by atoms with Crippen LogP contribution in [0.4, 0.5) is 9.59 Å². The average molecular weight is 254 g/mol. The van der Waals surface area contributed by atoms with Crippen LogP contribution >= 0.6 is 0 Å². The lowest BCUT2D eigenvalue weighted by molar-refractivity contribution is -0.110. The molecule has 18 heavy (non-hydrogen) atoms. The van der Waals surface area contributed by atoms with Crippen LogP contribution < -0.4 is 10.9 Å². The lowest BCUT2D eigenvalue weighted by Crippen LogP contribution is -2.47. The van der Waals surface area contributed by atoms with Gasteiger partial charge in [-0.05, 0) is 24.3 Å². The van der Waals surface area contributed by atoms with Gasteiger partial charge < -0.3 is 9.84 Å². The van der Waals surface area contributed by atoms with Gasteiger partial charge in [-0.2, -0.15) is 0 Å². The first-order valence-corrected chi connectivity index (χ1v) is 5.26. The molecule has 0 atom stereocenters. The molecule has 0 spiro atoms. The standard InChI is InChI=1S/C11H14N2O5/c1-7(2)11(5-3-8(14)4-6-11)18-10(17)13-12-9(15)16/h3-7,12H,1-2H3,(H,13,17)(H,15,16). The molecule has 0 aliphatic heterocycles. The summed E-state index contributed by atoms with van der Waals surface area (Å²) in [4.78, 5) is 32.6. The van der Waals surface area contributed by atoms with Crippen molar-refractivity contribution in [1.82, 2.24) is 10.9 Å². The number of hydrazine groups is 1. The monoisotopic (exact) mass is 254 g/mol. The van der Waals surface area contributed by atoms with Crippen LogP contribution in [-0.2, 0) is 9.53 Å². The van der Waals surface area contributed by atoms with E-state index >= 15 is 0 Å². The van der Waals surface area contributed by atoms with Gasteiger partial charge in [-0.1, -0.05) is 13.8 Å². The summed E-state index contributed by atoms with van der Waals surface area (Å²) < 4.78 is 5.14. The molecule has 2 amide bonds. The Morgan fingerprint density at radius 3 is 2.28 bits per heavy atom. The molecule has 0 radical (unpaired) electrons. The molecule has 0 aromatic rings. The Labute approximate surface area is 103 Å².